The van der Waals surface area contributed by atoms with Crippen LogP contribution in [0, 0.1) is 6.42 Å². The number of fused-ring (bicyclic) bond motifs is 1. The monoisotopic (exact) mass is 499 g/mol. The standard InChI is InChI=1S/C28H27ClNO4.Na/c1-32-25-16-21(18-4-5-18)7-6-19(25)12-13-30-28(31)20-8-10-23(11-9-20)34-27-17-26-22(15-24(27)29)3-2-14-33-26;/h3,6-11,15-18H,2,4-5,12-14H2,1H3,(H,30,31);/q-1;+1. The summed E-state index contributed by atoms with van der Waals surface area (Å²) in [5, 5.41) is 3.50. The molecule has 0 spiro atoms. The Balaban J connectivity index is 0.00000289. The Morgan fingerprint density at radius 1 is 1.11 bits per heavy atom. The van der Waals surface area contributed by atoms with Crippen LogP contribution >= 0.6 is 11.6 Å². The number of hydrogen-bond acceptors (Lipinski definition) is 4. The molecule has 0 radical (unpaired) electrons. The number of hydrogen-bond donors (Lipinski definition) is 1. The molecule has 7 heteroatoms. The van der Waals surface area contributed by atoms with Gasteiger partial charge < -0.3 is 19.5 Å². The third-order valence-electron chi connectivity index (χ3n) is 6.19. The first kappa shape index (κ1) is 25.8. The molecule has 1 aliphatic carbocycles. The fourth-order valence-electron chi connectivity index (χ4n) is 4.15. The maximum atomic E-state index is 12.6. The van der Waals surface area contributed by atoms with Crippen LogP contribution in [0.25, 0.3) is 0 Å². The van der Waals surface area contributed by atoms with E-state index < -0.39 is 0 Å². The topological polar surface area (TPSA) is 56.8 Å². The summed E-state index contributed by atoms with van der Waals surface area (Å²) in [5.41, 5.74) is 3.99. The average molecular weight is 500 g/mol. The maximum Gasteiger partial charge on any atom is 1.00 e. The molecule has 35 heavy (non-hydrogen) atoms. The van der Waals surface area contributed by atoms with E-state index in [2.05, 4.69) is 29.9 Å². The maximum absolute atomic E-state index is 12.6. The minimum absolute atomic E-state index is 0. The molecule has 1 fully saturated rings. The van der Waals surface area contributed by atoms with Gasteiger partial charge in [-0.3, -0.25) is 4.79 Å². The summed E-state index contributed by atoms with van der Waals surface area (Å²) < 4.78 is 17.2. The molecule has 176 valence electrons. The van der Waals surface area contributed by atoms with E-state index in [1.807, 2.05) is 6.07 Å². The van der Waals surface area contributed by atoms with Crippen molar-refractivity contribution in [2.24, 2.45) is 0 Å². The van der Waals surface area contributed by atoms with Crippen molar-refractivity contribution in [3.63, 3.8) is 0 Å². The van der Waals surface area contributed by atoms with Crippen molar-refractivity contribution >= 4 is 17.5 Å². The number of nitrogens with one attached hydrogen (secondary N) is 1. The molecule has 1 heterocycles. The Morgan fingerprint density at radius 2 is 1.91 bits per heavy atom. The molecule has 1 saturated carbocycles. The second kappa shape index (κ2) is 11.6. The van der Waals surface area contributed by atoms with Crippen LogP contribution < -0.4 is 49.1 Å². The number of methoxy groups -OCH3 is 1. The fraction of sp³-hybridized carbons (Fsp3) is 0.286. The number of amides is 1. The van der Waals surface area contributed by atoms with Gasteiger partial charge in [-0.15, -0.1) is 11.6 Å². The van der Waals surface area contributed by atoms with E-state index in [-0.39, 0.29) is 35.5 Å². The van der Waals surface area contributed by atoms with Crippen LogP contribution in [0.4, 0.5) is 0 Å². The van der Waals surface area contributed by atoms with Gasteiger partial charge in [0.15, 0.2) is 0 Å². The quantitative estimate of drug-likeness (QED) is 0.381. The summed E-state index contributed by atoms with van der Waals surface area (Å²) >= 11 is 6.38. The van der Waals surface area contributed by atoms with Crippen molar-refractivity contribution in [3.8, 4) is 23.0 Å². The Bertz CT molecular complexity index is 1190. The van der Waals surface area contributed by atoms with Crippen LogP contribution in [0.1, 0.15) is 52.2 Å². The van der Waals surface area contributed by atoms with Crippen molar-refractivity contribution in [2.75, 3.05) is 20.3 Å². The fourth-order valence-corrected chi connectivity index (χ4v) is 4.36. The van der Waals surface area contributed by atoms with Gasteiger partial charge in [0.25, 0.3) is 5.91 Å². The van der Waals surface area contributed by atoms with Gasteiger partial charge in [-0.25, -0.2) is 0 Å². The van der Waals surface area contributed by atoms with Crippen molar-refractivity contribution in [1.29, 1.82) is 0 Å². The molecule has 0 saturated heterocycles. The van der Waals surface area contributed by atoms with E-state index in [1.54, 1.807) is 37.4 Å². The Labute approximate surface area is 233 Å². The molecule has 3 aromatic carbocycles. The number of halogens is 1. The van der Waals surface area contributed by atoms with E-state index in [9.17, 15) is 4.79 Å². The van der Waals surface area contributed by atoms with Gasteiger partial charge >= 0.3 is 29.6 Å². The van der Waals surface area contributed by atoms with Gasteiger partial charge in [0.05, 0.1) is 13.7 Å². The second-order valence-electron chi connectivity index (χ2n) is 8.64. The number of carbonyl (C=O) groups excluding carboxylic acids is 1. The van der Waals surface area contributed by atoms with Crippen LogP contribution in [0.2, 0.25) is 5.02 Å². The SMILES string of the molecule is COc1cc(C2CC2)ccc1CCNC(=O)c1ccc(Oc2cc3c(cc2Cl)[CH-]CCO3)cc1.[Na+]. The van der Waals surface area contributed by atoms with E-state index in [0.717, 1.165) is 29.0 Å². The van der Waals surface area contributed by atoms with E-state index in [0.29, 0.717) is 47.6 Å². The summed E-state index contributed by atoms with van der Waals surface area (Å²) in [5.74, 6) is 3.33. The second-order valence-corrected chi connectivity index (χ2v) is 9.05. The van der Waals surface area contributed by atoms with Crippen molar-refractivity contribution < 1.29 is 48.6 Å². The molecule has 0 unspecified atom stereocenters. The van der Waals surface area contributed by atoms with Crippen LogP contribution in [-0.2, 0) is 6.42 Å². The first-order chi connectivity index (χ1) is 16.6. The minimum atomic E-state index is -0.129. The van der Waals surface area contributed by atoms with Gasteiger partial charge in [-0.1, -0.05) is 23.7 Å². The summed E-state index contributed by atoms with van der Waals surface area (Å²) in [6, 6.07) is 17.1. The predicted octanol–water partition coefficient (Wildman–Crippen LogP) is 3.33. The van der Waals surface area contributed by atoms with Gasteiger partial charge in [-0.2, -0.15) is 6.42 Å². The van der Waals surface area contributed by atoms with Crippen LogP contribution in [0.3, 0.4) is 0 Å². The molecule has 1 aliphatic heterocycles. The molecule has 5 rings (SSSR count). The molecular formula is C28H27ClNNaO4. The van der Waals surface area contributed by atoms with Crippen LogP contribution in [-0.4, -0.2) is 26.2 Å². The van der Waals surface area contributed by atoms with Gasteiger partial charge in [0.2, 0.25) is 0 Å². The number of benzene rings is 3. The zero-order valence-electron chi connectivity index (χ0n) is 20.1. The summed E-state index contributed by atoms with van der Waals surface area (Å²) in [7, 11) is 1.69. The molecule has 1 amide bonds. The summed E-state index contributed by atoms with van der Waals surface area (Å²) in [6.45, 7) is 1.18. The molecule has 1 N–H and O–H groups in total. The third kappa shape index (κ3) is 6.28. The van der Waals surface area contributed by atoms with Crippen molar-refractivity contribution in [1.82, 2.24) is 5.32 Å². The summed E-state index contributed by atoms with van der Waals surface area (Å²) in [6.07, 6.45) is 6.19. The van der Waals surface area contributed by atoms with Crippen molar-refractivity contribution in [3.05, 3.63) is 88.3 Å². The van der Waals surface area contributed by atoms with E-state index in [1.165, 1.54) is 18.4 Å². The average Bonchev–Trinajstić information content (AvgIpc) is 3.71. The number of carbonyl (C=O) groups is 1. The van der Waals surface area contributed by atoms with Gasteiger partial charge in [0, 0.05) is 22.9 Å². The van der Waals surface area contributed by atoms with Crippen molar-refractivity contribution in [2.45, 2.75) is 31.6 Å². The molecular weight excluding hydrogens is 473 g/mol. The summed E-state index contributed by atoms with van der Waals surface area (Å²) in [4.78, 5) is 12.6. The minimum Gasteiger partial charge on any atom is -0.551 e. The Kier molecular flexibility index (Phi) is 8.55. The molecule has 3 aromatic rings. The Morgan fingerprint density at radius 3 is 2.66 bits per heavy atom. The molecule has 5 nitrogen and oxygen atoms in total. The Hall–Kier alpha value is -2.31. The zero-order valence-corrected chi connectivity index (χ0v) is 22.9. The smallest absolute Gasteiger partial charge is 0.551 e. The molecule has 0 atom stereocenters. The molecule has 0 aromatic heterocycles. The first-order valence-electron chi connectivity index (χ1n) is 11.6. The van der Waals surface area contributed by atoms with Gasteiger partial charge in [-0.05, 0) is 79.1 Å². The normalized spacial score (nSPS) is 14.0. The predicted molar refractivity (Wildman–Crippen MR) is 132 cm³/mol. The van der Waals surface area contributed by atoms with E-state index >= 15 is 0 Å². The van der Waals surface area contributed by atoms with E-state index in [4.69, 9.17) is 25.8 Å². The van der Waals surface area contributed by atoms with Gasteiger partial charge in [0.1, 0.15) is 17.2 Å². The largest absolute Gasteiger partial charge is 1.00 e. The first-order valence-corrected chi connectivity index (χ1v) is 12.0. The molecule has 2 aliphatic rings. The number of ether oxygens (including phenoxy) is 3. The third-order valence-corrected chi connectivity index (χ3v) is 6.48. The van der Waals surface area contributed by atoms with Crippen LogP contribution in [0.15, 0.2) is 54.6 Å². The van der Waals surface area contributed by atoms with Crippen LogP contribution in [0.5, 0.6) is 23.0 Å². The number of rotatable bonds is 8. The zero-order chi connectivity index (χ0) is 23.5. The molecule has 0 bridgehead atoms.